The average molecular weight is 1160 g/mol. The third-order valence-corrected chi connectivity index (χ3v) is 18.6. The number of allylic oxidation sites excluding steroid dienone is 16. The van der Waals surface area contributed by atoms with Crippen LogP contribution < -0.4 is 0 Å². The second-order valence-corrected chi connectivity index (χ2v) is 26.6. The lowest BCUT2D eigenvalue weighted by molar-refractivity contribution is -0.119. The van der Waals surface area contributed by atoms with Gasteiger partial charge in [0, 0.05) is 18.9 Å². The summed E-state index contributed by atoms with van der Waals surface area (Å²) in [5, 5.41) is 0. The Morgan fingerprint density at radius 3 is 1.06 bits per heavy atom. The van der Waals surface area contributed by atoms with Crippen LogP contribution in [0.5, 0.6) is 0 Å². The number of hydrogen-bond acceptors (Lipinski definition) is 2. The monoisotopic (exact) mass is 1160 g/mol. The number of piperidine rings is 1. The van der Waals surface area contributed by atoms with E-state index >= 15 is 0 Å². The summed E-state index contributed by atoms with van der Waals surface area (Å²) < 4.78 is 0. The highest BCUT2D eigenvalue weighted by atomic mass is 16.1. The molecule has 0 N–H and O–H groups in total. The van der Waals surface area contributed by atoms with Crippen molar-refractivity contribution in [3.8, 4) is 0 Å². The van der Waals surface area contributed by atoms with Gasteiger partial charge < -0.3 is 4.90 Å². The molecule has 0 aromatic rings. The largest absolute Gasteiger partial charge is 0.300 e. The summed E-state index contributed by atoms with van der Waals surface area (Å²) in [6, 6.07) is 0.764. The molecule has 0 aliphatic carbocycles. The van der Waals surface area contributed by atoms with Gasteiger partial charge >= 0.3 is 0 Å². The summed E-state index contributed by atoms with van der Waals surface area (Å²) in [4.78, 5) is 16.5. The third kappa shape index (κ3) is 56.1. The maximum absolute atomic E-state index is 13.6. The van der Waals surface area contributed by atoms with Crippen LogP contribution in [0.25, 0.3) is 0 Å². The zero-order valence-electron chi connectivity index (χ0n) is 57.5. The van der Waals surface area contributed by atoms with Crippen molar-refractivity contribution < 1.29 is 4.79 Å². The number of ketones is 1. The quantitative estimate of drug-likeness (QED) is 0.0447. The first-order valence-corrected chi connectivity index (χ1v) is 38.0. The molecule has 1 fully saturated rings. The van der Waals surface area contributed by atoms with Crippen molar-refractivity contribution in [2.24, 2.45) is 17.8 Å². The van der Waals surface area contributed by atoms with E-state index in [1.54, 1.807) is 0 Å². The van der Waals surface area contributed by atoms with Gasteiger partial charge in [0.15, 0.2) is 0 Å². The van der Waals surface area contributed by atoms with Crippen molar-refractivity contribution in [3.05, 3.63) is 97.2 Å². The van der Waals surface area contributed by atoms with Gasteiger partial charge in [-0.3, -0.25) is 4.79 Å². The summed E-state index contributed by atoms with van der Waals surface area (Å²) in [7, 11) is 0. The molecule has 0 spiro atoms. The summed E-state index contributed by atoms with van der Waals surface area (Å²) >= 11 is 0. The highest BCUT2D eigenvalue weighted by molar-refractivity contribution is 5.78. The second-order valence-electron chi connectivity index (χ2n) is 26.6. The molecule has 1 heterocycles. The van der Waals surface area contributed by atoms with Crippen molar-refractivity contribution >= 4 is 5.78 Å². The number of Topliss-reactive ketones (excluding diaryl/α,β-unsaturated/α-hetero) is 1. The van der Waals surface area contributed by atoms with Crippen molar-refractivity contribution in [3.63, 3.8) is 0 Å². The molecule has 4 unspecified atom stereocenters. The first kappa shape index (κ1) is 79.6. The van der Waals surface area contributed by atoms with E-state index in [0.29, 0.717) is 11.7 Å². The summed E-state index contributed by atoms with van der Waals surface area (Å²) in [5.74, 6) is 2.74. The fourth-order valence-electron chi connectivity index (χ4n) is 12.9. The Morgan fingerprint density at radius 1 is 0.321 bits per heavy atom. The predicted octanol–water partition coefficient (Wildman–Crippen LogP) is 27.7. The van der Waals surface area contributed by atoms with E-state index in [2.05, 4.69) is 137 Å². The standard InChI is InChI=1S/C82H147NO/c1-6-10-14-18-22-26-30-34-36-38-42-46-50-54-58-63-69-81(83-75-65-60-66-76-83)73-72-80(68-62-57-53-49-45-41-33-29-25-21-17-13-9-4)78(5)77-79(67-61-56-52-48-44-40-32-28-24-20-16-12-8-3)71-74-82(84)70-64-59-55-51-47-43-39-37-35-31-27-23-19-15-11-7-2/h22-29,34-37,40-41,44-45,78-81H,6-21,30-33,38-39,42-43,46-77H2,1-5H3/b26-22-,27-23-,28-24-,29-25-,36-34-,37-35-,44-40-,45-41-. The zero-order chi connectivity index (χ0) is 60.4. The van der Waals surface area contributed by atoms with E-state index in [1.807, 2.05) is 0 Å². The molecule has 0 saturated carbocycles. The van der Waals surface area contributed by atoms with Gasteiger partial charge in [0.2, 0.25) is 0 Å². The summed E-state index contributed by atoms with van der Waals surface area (Å²) in [6.07, 6.45) is 107. The zero-order valence-corrected chi connectivity index (χ0v) is 57.5. The van der Waals surface area contributed by atoms with Gasteiger partial charge in [-0.2, -0.15) is 0 Å². The Bertz CT molecular complexity index is 1580. The van der Waals surface area contributed by atoms with Crippen molar-refractivity contribution in [1.29, 1.82) is 0 Å². The molecule has 0 aromatic heterocycles. The van der Waals surface area contributed by atoms with Crippen LogP contribution in [0.15, 0.2) is 97.2 Å². The van der Waals surface area contributed by atoms with Crippen molar-refractivity contribution in [1.82, 2.24) is 4.90 Å². The van der Waals surface area contributed by atoms with Crippen LogP contribution in [0.2, 0.25) is 0 Å². The fraction of sp³-hybridized carbons (Fsp3) is 0.793. The Balaban J connectivity index is 2.92. The lowest BCUT2D eigenvalue weighted by Crippen LogP contribution is -2.39. The lowest BCUT2D eigenvalue weighted by Gasteiger charge is -2.36. The molecule has 1 aliphatic heterocycles. The molecule has 0 amide bonds. The van der Waals surface area contributed by atoms with E-state index in [9.17, 15) is 4.79 Å². The molecule has 0 radical (unpaired) electrons. The van der Waals surface area contributed by atoms with Crippen molar-refractivity contribution in [2.75, 3.05) is 13.1 Å². The number of carbonyl (C=O) groups is 1. The summed E-state index contributed by atoms with van der Waals surface area (Å²) in [5.41, 5.74) is 0. The number of likely N-dealkylation sites (tertiary alicyclic amines) is 1. The molecule has 1 rings (SSSR count). The van der Waals surface area contributed by atoms with Gasteiger partial charge in [0.1, 0.15) is 5.78 Å². The van der Waals surface area contributed by atoms with Gasteiger partial charge in [-0.05, 0) is 211 Å². The van der Waals surface area contributed by atoms with Crippen LogP contribution >= 0.6 is 0 Å². The van der Waals surface area contributed by atoms with Crippen LogP contribution in [-0.4, -0.2) is 29.8 Å². The Morgan fingerprint density at radius 2 is 0.655 bits per heavy atom. The van der Waals surface area contributed by atoms with Crippen LogP contribution in [0.3, 0.4) is 0 Å². The minimum Gasteiger partial charge on any atom is -0.300 e. The van der Waals surface area contributed by atoms with Gasteiger partial charge in [-0.1, -0.05) is 286 Å². The number of rotatable bonds is 64. The molecule has 84 heavy (non-hydrogen) atoms. The van der Waals surface area contributed by atoms with Gasteiger partial charge in [-0.15, -0.1) is 0 Å². The number of nitrogens with zero attached hydrogens (tertiary/aromatic N) is 1. The first-order chi connectivity index (χ1) is 41.5. The molecule has 2 nitrogen and oxygen atoms in total. The van der Waals surface area contributed by atoms with Crippen LogP contribution in [0.4, 0.5) is 0 Å². The van der Waals surface area contributed by atoms with E-state index in [-0.39, 0.29) is 0 Å². The van der Waals surface area contributed by atoms with E-state index < -0.39 is 0 Å². The molecular weight excluding hydrogens is 1010 g/mol. The molecule has 2 heteroatoms. The smallest absolute Gasteiger partial charge is 0.132 e. The number of hydrogen-bond donors (Lipinski definition) is 0. The average Bonchev–Trinajstić information content (AvgIpc) is 3.55. The summed E-state index contributed by atoms with van der Waals surface area (Å²) in [6.45, 7) is 14.5. The van der Waals surface area contributed by atoms with Crippen LogP contribution in [0.1, 0.15) is 381 Å². The lowest BCUT2D eigenvalue weighted by atomic mass is 9.77. The molecule has 0 aromatic carbocycles. The highest BCUT2D eigenvalue weighted by Gasteiger charge is 2.26. The minimum atomic E-state index is 0.545. The maximum atomic E-state index is 13.6. The number of unbranched alkanes of at least 4 members (excludes halogenated alkanes) is 30. The van der Waals surface area contributed by atoms with Gasteiger partial charge in [0.05, 0.1) is 0 Å². The molecule has 1 aliphatic rings. The molecule has 1 saturated heterocycles. The van der Waals surface area contributed by atoms with E-state index in [1.165, 1.54) is 308 Å². The number of carbonyl (C=O) groups excluding carboxylic acids is 1. The first-order valence-electron chi connectivity index (χ1n) is 38.0. The third-order valence-electron chi connectivity index (χ3n) is 18.6. The Hall–Kier alpha value is -2.45. The Labute approximate surface area is 528 Å². The predicted molar refractivity (Wildman–Crippen MR) is 382 cm³/mol. The SMILES string of the molecule is CCCCC/C=C\C/C=C\CCCCCCCCC(=O)CCC(CCCCC/C=C\C/C=C\CCCCC)CC(C)C(CCCCC/C=C\C/C=C\CCCCC)CCC(CCCCCCCC/C=C\C/C=C\CCCCC)N1CCCCC1. The van der Waals surface area contributed by atoms with E-state index in [4.69, 9.17) is 0 Å². The fourth-order valence-corrected chi connectivity index (χ4v) is 12.9. The molecule has 4 atom stereocenters. The molecular formula is C82H147NO. The van der Waals surface area contributed by atoms with Crippen molar-refractivity contribution in [2.45, 2.75) is 387 Å². The maximum Gasteiger partial charge on any atom is 0.132 e. The minimum absolute atomic E-state index is 0.545. The van der Waals surface area contributed by atoms with E-state index in [0.717, 1.165) is 69.2 Å². The van der Waals surface area contributed by atoms with Gasteiger partial charge in [-0.25, -0.2) is 0 Å². The van der Waals surface area contributed by atoms with Crippen LogP contribution in [0, 0.1) is 17.8 Å². The molecule has 0 bridgehead atoms. The topological polar surface area (TPSA) is 20.3 Å². The van der Waals surface area contributed by atoms with Crippen LogP contribution in [-0.2, 0) is 4.79 Å². The molecule has 486 valence electrons. The highest BCUT2D eigenvalue weighted by Crippen LogP contribution is 2.35. The van der Waals surface area contributed by atoms with Gasteiger partial charge in [0.25, 0.3) is 0 Å². The normalized spacial score (nSPS) is 15.4. The Kier molecular flexibility index (Phi) is 63.0. The second kappa shape index (κ2) is 66.5.